The van der Waals surface area contributed by atoms with Crippen molar-refractivity contribution in [2.45, 2.75) is 20.0 Å². The summed E-state index contributed by atoms with van der Waals surface area (Å²) in [5.41, 5.74) is 2.59. The fourth-order valence-corrected chi connectivity index (χ4v) is 3.98. The summed E-state index contributed by atoms with van der Waals surface area (Å²) in [7, 11) is 0. The van der Waals surface area contributed by atoms with Gasteiger partial charge in [0.15, 0.2) is 12.8 Å². The fraction of sp³-hybridized carbons (Fsp3) is 0.435. The summed E-state index contributed by atoms with van der Waals surface area (Å²) in [6.07, 6.45) is 0.588. The minimum Gasteiger partial charge on any atom is -0.467 e. The zero-order valence-electron chi connectivity index (χ0n) is 17.7. The monoisotopic (exact) mass is 430 g/mol. The number of halogens is 2. The van der Waals surface area contributed by atoms with Gasteiger partial charge in [0.2, 0.25) is 0 Å². The van der Waals surface area contributed by atoms with Gasteiger partial charge in [-0.3, -0.25) is 4.99 Å². The lowest BCUT2D eigenvalue weighted by Crippen LogP contribution is -2.52. The molecular weight excluding hydrogens is 402 g/mol. The highest BCUT2D eigenvalue weighted by molar-refractivity contribution is 5.80. The molecule has 0 bridgehead atoms. The van der Waals surface area contributed by atoms with Crippen LogP contribution in [0.4, 0.5) is 14.5 Å². The average molecular weight is 430 g/mol. The summed E-state index contributed by atoms with van der Waals surface area (Å²) in [5.74, 6) is 1.08. The summed E-state index contributed by atoms with van der Waals surface area (Å²) >= 11 is 0. The van der Waals surface area contributed by atoms with E-state index in [1.54, 1.807) is 0 Å². The molecule has 2 heterocycles. The first-order valence-corrected chi connectivity index (χ1v) is 10.7. The van der Waals surface area contributed by atoms with Crippen LogP contribution in [0.5, 0.6) is 5.75 Å². The molecule has 2 aromatic carbocycles. The highest BCUT2D eigenvalue weighted by Gasteiger charge is 2.20. The van der Waals surface area contributed by atoms with Crippen molar-refractivity contribution < 1.29 is 18.3 Å². The van der Waals surface area contributed by atoms with Crippen LogP contribution >= 0.6 is 0 Å². The number of nitrogens with zero attached hydrogens (tertiary/aromatic N) is 3. The quantitative estimate of drug-likeness (QED) is 0.583. The number of rotatable bonds is 5. The first-order chi connectivity index (χ1) is 15.1. The van der Waals surface area contributed by atoms with Crippen molar-refractivity contribution >= 4 is 11.6 Å². The molecule has 8 heteroatoms. The predicted octanol–water partition coefficient (Wildman–Crippen LogP) is 3.16. The Hall–Kier alpha value is -2.87. The summed E-state index contributed by atoms with van der Waals surface area (Å²) in [6.45, 7) is 7.20. The lowest BCUT2D eigenvalue weighted by molar-refractivity contribution is -0.0172. The molecule has 2 aliphatic heterocycles. The van der Waals surface area contributed by atoms with Crippen LogP contribution in [-0.2, 0) is 17.8 Å². The van der Waals surface area contributed by atoms with Crippen LogP contribution in [0.15, 0.2) is 41.4 Å². The van der Waals surface area contributed by atoms with Gasteiger partial charge in [0.1, 0.15) is 17.4 Å². The zero-order chi connectivity index (χ0) is 21.6. The molecule has 0 saturated carbocycles. The van der Waals surface area contributed by atoms with E-state index in [0.29, 0.717) is 19.6 Å². The molecule has 0 aliphatic carbocycles. The SMILES string of the molecule is CCNC(=NCCc1cc(F)cc2c1OCOC2)N1CCN(c2ccc(F)cc2)CC1. The highest BCUT2D eigenvalue weighted by atomic mass is 19.1. The van der Waals surface area contributed by atoms with Crippen molar-refractivity contribution in [3.8, 4) is 5.75 Å². The Balaban J connectivity index is 1.38. The number of nitrogens with one attached hydrogen (secondary N) is 1. The van der Waals surface area contributed by atoms with E-state index in [1.807, 2.05) is 19.1 Å². The molecule has 0 aromatic heterocycles. The van der Waals surface area contributed by atoms with Crippen LogP contribution < -0.4 is 15.0 Å². The minimum absolute atomic E-state index is 0.190. The molecule has 0 spiro atoms. The van der Waals surface area contributed by atoms with Gasteiger partial charge in [-0.05, 0) is 55.3 Å². The van der Waals surface area contributed by atoms with Crippen molar-refractivity contribution in [1.82, 2.24) is 10.2 Å². The Bertz CT molecular complexity index is 913. The van der Waals surface area contributed by atoms with Crippen molar-refractivity contribution in [3.63, 3.8) is 0 Å². The number of hydrogen-bond donors (Lipinski definition) is 1. The Morgan fingerprint density at radius 1 is 1.06 bits per heavy atom. The Kier molecular flexibility index (Phi) is 6.86. The van der Waals surface area contributed by atoms with Gasteiger partial charge in [-0.25, -0.2) is 8.78 Å². The van der Waals surface area contributed by atoms with Crippen LogP contribution in [0.1, 0.15) is 18.1 Å². The standard InChI is InChI=1S/C23H28F2N4O2/c1-2-26-23(29-11-9-28(10-12-29)21-5-3-19(24)4-6-21)27-8-7-17-13-20(25)14-18-15-30-16-31-22(17)18/h3-6,13-14H,2,7-12,15-16H2,1H3,(H,26,27). The van der Waals surface area contributed by atoms with Gasteiger partial charge < -0.3 is 24.6 Å². The Morgan fingerprint density at radius 2 is 1.84 bits per heavy atom. The van der Waals surface area contributed by atoms with Crippen molar-refractivity contribution in [1.29, 1.82) is 0 Å². The molecule has 0 unspecified atom stereocenters. The number of fused-ring (bicyclic) bond motifs is 1. The molecular formula is C23H28F2N4O2. The van der Waals surface area contributed by atoms with E-state index in [1.165, 1.54) is 24.3 Å². The van der Waals surface area contributed by atoms with E-state index in [4.69, 9.17) is 14.5 Å². The van der Waals surface area contributed by atoms with Gasteiger partial charge in [-0.1, -0.05) is 0 Å². The van der Waals surface area contributed by atoms with Crippen molar-refractivity contribution in [3.05, 3.63) is 59.2 Å². The molecule has 4 rings (SSSR count). The van der Waals surface area contributed by atoms with E-state index in [9.17, 15) is 8.78 Å². The average Bonchev–Trinajstić information content (AvgIpc) is 2.79. The summed E-state index contributed by atoms with van der Waals surface area (Å²) in [6, 6.07) is 9.61. The Labute approximate surface area is 181 Å². The zero-order valence-corrected chi connectivity index (χ0v) is 17.7. The number of guanidine groups is 1. The van der Waals surface area contributed by atoms with Gasteiger partial charge in [0, 0.05) is 50.5 Å². The second-order valence-corrected chi connectivity index (χ2v) is 7.60. The van der Waals surface area contributed by atoms with Crippen molar-refractivity contribution in [2.75, 3.05) is 51.0 Å². The maximum atomic E-state index is 14.0. The van der Waals surface area contributed by atoms with Gasteiger partial charge in [0.25, 0.3) is 0 Å². The van der Waals surface area contributed by atoms with E-state index in [2.05, 4.69) is 15.1 Å². The van der Waals surface area contributed by atoms with Crippen LogP contribution in [0, 0.1) is 11.6 Å². The molecule has 0 amide bonds. The molecule has 1 N–H and O–H groups in total. The second-order valence-electron chi connectivity index (χ2n) is 7.60. The third kappa shape index (κ3) is 5.25. The van der Waals surface area contributed by atoms with Gasteiger partial charge >= 0.3 is 0 Å². The normalized spacial score (nSPS) is 16.7. The Morgan fingerprint density at radius 3 is 2.58 bits per heavy atom. The van der Waals surface area contributed by atoms with Gasteiger partial charge in [0.05, 0.1) is 6.61 Å². The molecule has 2 aliphatic rings. The highest BCUT2D eigenvalue weighted by Crippen LogP contribution is 2.29. The number of ether oxygens (including phenoxy) is 2. The third-order valence-electron chi connectivity index (χ3n) is 5.50. The number of benzene rings is 2. The van der Waals surface area contributed by atoms with Crippen molar-refractivity contribution in [2.24, 2.45) is 4.99 Å². The molecule has 166 valence electrons. The van der Waals surface area contributed by atoms with Crippen LogP contribution in [0.25, 0.3) is 0 Å². The molecule has 1 fully saturated rings. The number of aliphatic imine (C=N–C) groups is 1. The topological polar surface area (TPSA) is 49.3 Å². The molecule has 2 aromatic rings. The lowest BCUT2D eigenvalue weighted by Gasteiger charge is -2.37. The van der Waals surface area contributed by atoms with Crippen LogP contribution in [0.3, 0.4) is 0 Å². The maximum absolute atomic E-state index is 14.0. The van der Waals surface area contributed by atoms with E-state index in [0.717, 1.165) is 61.2 Å². The lowest BCUT2D eigenvalue weighted by atomic mass is 10.1. The molecule has 31 heavy (non-hydrogen) atoms. The first kappa shape index (κ1) is 21.4. The number of hydrogen-bond acceptors (Lipinski definition) is 4. The maximum Gasteiger partial charge on any atom is 0.194 e. The molecule has 1 saturated heterocycles. The first-order valence-electron chi connectivity index (χ1n) is 10.7. The van der Waals surface area contributed by atoms with E-state index >= 15 is 0 Å². The minimum atomic E-state index is -0.282. The fourth-order valence-electron chi connectivity index (χ4n) is 3.98. The smallest absolute Gasteiger partial charge is 0.194 e. The summed E-state index contributed by atoms with van der Waals surface area (Å²) in [4.78, 5) is 9.25. The second kappa shape index (κ2) is 9.96. The molecule has 0 atom stereocenters. The molecule has 6 nitrogen and oxygen atoms in total. The van der Waals surface area contributed by atoms with E-state index < -0.39 is 0 Å². The number of piperazine rings is 1. The van der Waals surface area contributed by atoms with Gasteiger partial charge in [-0.15, -0.1) is 0 Å². The van der Waals surface area contributed by atoms with Crippen LogP contribution in [-0.4, -0.2) is 56.9 Å². The molecule has 0 radical (unpaired) electrons. The van der Waals surface area contributed by atoms with E-state index in [-0.39, 0.29) is 18.4 Å². The third-order valence-corrected chi connectivity index (χ3v) is 5.50. The number of anilines is 1. The predicted molar refractivity (Wildman–Crippen MR) is 117 cm³/mol. The van der Waals surface area contributed by atoms with Gasteiger partial charge in [-0.2, -0.15) is 0 Å². The summed E-state index contributed by atoms with van der Waals surface area (Å²) in [5, 5.41) is 3.36. The van der Waals surface area contributed by atoms with Crippen LogP contribution in [0.2, 0.25) is 0 Å². The summed E-state index contributed by atoms with van der Waals surface area (Å²) < 4.78 is 38.0. The largest absolute Gasteiger partial charge is 0.467 e.